The van der Waals surface area contributed by atoms with E-state index in [0.717, 1.165) is 11.0 Å². The van der Waals surface area contributed by atoms with E-state index in [4.69, 9.17) is 6.42 Å². The van der Waals surface area contributed by atoms with Crippen molar-refractivity contribution in [2.75, 3.05) is 13.1 Å². The molecule has 0 unspecified atom stereocenters. The molecule has 1 aromatic carbocycles. The first-order valence-corrected chi connectivity index (χ1v) is 4.89. The van der Waals surface area contributed by atoms with Gasteiger partial charge in [-0.05, 0) is 19.1 Å². The average molecular weight is 241 g/mol. The Morgan fingerprint density at radius 3 is 2.53 bits per heavy atom. The molecule has 0 aliphatic carbocycles. The first-order chi connectivity index (χ1) is 8.02. The molecule has 0 atom stereocenters. The highest BCUT2D eigenvalue weighted by Gasteiger charge is 2.21. The van der Waals surface area contributed by atoms with E-state index in [9.17, 15) is 18.0 Å². The summed E-state index contributed by atoms with van der Waals surface area (Å²) < 4.78 is 39.0. The van der Waals surface area contributed by atoms with Gasteiger partial charge in [-0.15, -0.1) is 6.42 Å². The lowest BCUT2D eigenvalue weighted by Gasteiger charge is -2.18. The van der Waals surface area contributed by atoms with Crippen LogP contribution in [0.5, 0.6) is 0 Å². The summed E-state index contributed by atoms with van der Waals surface area (Å²) >= 11 is 0. The Morgan fingerprint density at radius 1 is 1.35 bits per heavy atom. The number of amides is 1. The summed E-state index contributed by atoms with van der Waals surface area (Å²) in [5.74, 6) is -3.02. The standard InChI is InChI=1S/C12H10F3NO/c1-3-7-16(4-2)12(17)8-5-6-9(13)11(15)10(8)14/h1,5-6H,4,7H2,2H3. The second kappa shape index (κ2) is 5.39. The van der Waals surface area contributed by atoms with Crippen LogP contribution >= 0.6 is 0 Å². The maximum Gasteiger partial charge on any atom is 0.257 e. The molecule has 0 radical (unpaired) electrons. The van der Waals surface area contributed by atoms with Crippen LogP contribution in [0.2, 0.25) is 0 Å². The molecule has 1 rings (SSSR count). The number of nitrogens with zero attached hydrogens (tertiary/aromatic N) is 1. The zero-order valence-electron chi connectivity index (χ0n) is 9.14. The molecule has 0 heterocycles. The number of hydrogen-bond donors (Lipinski definition) is 0. The fourth-order valence-electron chi connectivity index (χ4n) is 1.30. The molecule has 0 saturated carbocycles. The van der Waals surface area contributed by atoms with Gasteiger partial charge in [0.05, 0.1) is 12.1 Å². The van der Waals surface area contributed by atoms with Crippen molar-refractivity contribution in [1.82, 2.24) is 4.90 Å². The van der Waals surface area contributed by atoms with Crippen molar-refractivity contribution < 1.29 is 18.0 Å². The highest BCUT2D eigenvalue weighted by atomic mass is 19.2. The minimum absolute atomic E-state index is 0.0201. The van der Waals surface area contributed by atoms with E-state index >= 15 is 0 Å². The van der Waals surface area contributed by atoms with Crippen LogP contribution < -0.4 is 0 Å². The highest BCUT2D eigenvalue weighted by Crippen LogP contribution is 2.16. The van der Waals surface area contributed by atoms with Gasteiger partial charge in [0.25, 0.3) is 5.91 Å². The number of carbonyl (C=O) groups is 1. The summed E-state index contributed by atoms with van der Waals surface area (Å²) in [4.78, 5) is 12.9. The summed E-state index contributed by atoms with van der Waals surface area (Å²) in [5, 5.41) is 0. The van der Waals surface area contributed by atoms with Crippen molar-refractivity contribution in [3.05, 3.63) is 35.1 Å². The maximum absolute atomic E-state index is 13.3. The Labute approximate surface area is 97.0 Å². The van der Waals surface area contributed by atoms with Gasteiger partial charge in [-0.2, -0.15) is 0 Å². The number of terminal acetylenes is 1. The van der Waals surface area contributed by atoms with Crippen LogP contribution in [0.1, 0.15) is 17.3 Å². The van der Waals surface area contributed by atoms with Gasteiger partial charge in [0.15, 0.2) is 17.5 Å². The van der Waals surface area contributed by atoms with Crippen molar-refractivity contribution in [3.8, 4) is 12.3 Å². The number of carbonyl (C=O) groups excluding carboxylic acids is 1. The van der Waals surface area contributed by atoms with Crippen molar-refractivity contribution in [3.63, 3.8) is 0 Å². The number of benzene rings is 1. The van der Waals surface area contributed by atoms with E-state index in [1.165, 1.54) is 0 Å². The molecule has 1 aromatic rings. The largest absolute Gasteiger partial charge is 0.328 e. The zero-order chi connectivity index (χ0) is 13.0. The summed E-state index contributed by atoms with van der Waals surface area (Å²) in [7, 11) is 0. The monoisotopic (exact) mass is 241 g/mol. The predicted molar refractivity (Wildman–Crippen MR) is 56.7 cm³/mol. The highest BCUT2D eigenvalue weighted by molar-refractivity contribution is 5.94. The number of hydrogen-bond acceptors (Lipinski definition) is 1. The third-order valence-electron chi connectivity index (χ3n) is 2.22. The lowest BCUT2D eigenvalue weighted by Crippen LogP contribution is -2.32. The molecular weight excluding hydrogens is 231 g/mol. The van der Waals surface area contributed by atoms with Crippen molar-refractivity contribution in [1.29, 1.82) is 0 Å². The van der Waals surface area contributed by atoms with Crippen LogP contribution in [-0.4, -0.2) is 23.9 Å². The third kappa shape index (κ3) is 2.59. The number of halogens is 3. The normalized spacial score (nSPS) is 9.82. The molecule has 0 saturated heterocycles. The quantitative estimate of drug-likeness (QED) is 0.587. The molecule has 90 valence electrons. The Kier molecular flexibility index (Phi) is 4.16. The number of rotatable bonds is 3. The summed E-state index contributed by atoms with van der Waals surface area (Å²) in [5.41, 5.74) is -0.527. The maximum atomic E-state index is 13.3. The van der Waals surface area contributed by atoms with Gasteiger partial charge in [-0.25, -0.2) is 13.2 Å². The second-order valence-corrected chi connectivity index (χ2v) is 3.25. The molecule has 1 amide bonds. The average Bonchev–Trinajstić information content (AvgIpc) is 2.32. The molecule has 0 fully saturated rings. The van der Waals surface area contributed by atoms with Gasteiger partial charge in [0.2, 0.25) is 0 Å². The van der Waals surface area contributed by atoms with Gasteiger partial charge in [-0.3, -0.25) is 4.79 Å². The van der Waals surface area contributed by atoms with Crippen LogP contribution in [0, 0.1) is 29.8 Å². The van der Waals surface area contributed by atoms with Crippen LogP contribution in [0.4, 0.5) is 13.2 Å². The fraction of sp³-hybridized carbons (Fsp3) is 0.250. The minimum Gasteiger partial charge on any atom is -0.328 e. The molecule has 0 aliphatic heterocycles. The molecule has 0 bridgehead atoms. The Balaban J connectivity index is 3.13. The van der Waals surface area contributed by atoms with Crippen LogP contribution in [0.3, 0.4) is 0 Å². The van der Waals surface area contributed by atoms with E-state index in [1.54, 1.807) is 6.92 Å². The molecule has 0 aromatic heterocycles. The van der Waals surface area contributed by atoms with Gasteiger partial charge in [0.1, 0.15) is 0 Å². The van der Waals surface area contributed by atoms with Gasteiger partial charge >= 0.3 is 0 Å². The molecule has 0 spiro atoms. The van der Waals surface area contributed by atoms with E-state index in [1.807, 2.05) is 0 Å². The second-order valence-electron chi connectivity index (χ2n) is 3.25. The van der Waals surface area contributed by atoms with Crippen molar-refractivity contribution in [2.45, 2.75) is 6.92 Å². The lowest BCUT2D eigenvalue weighted by molar-refractivity contribution is 0.0779. The van der Waals surface area contributed by atoms with Gasteiger partial charge < -0.3 is 4.90 Å². The topological polar surface area (TPSA) is 20.3 Å². The first-order valence-electron chi connectivity index (χ1n) is 4.89. The molecule has 0 N–H and O–H groups in total. The van der Waals surface area contributed by atoms with Crippen molar-refractivity contribution in [2.24, 2.45) is 0 Å². The predicted octanol–water partition coefficient (Wildman–Crippen LogP) is 2.20. The third-order valence-corrected chi connectivity index (χ3v) is 2.22. The van der Waals surface area contributed by atoms with Gasteiger partial charge in [0, 0.05) is 6.54 Å². The van der Waals surface area contributed by atoms with E-state index in [2.05, 4.69) is 5.92 Å². The Bertz CT molecular complexity index is 479. The van der Waals surface area contributed by atoms with E-state index in [-0.39, 0.29) is 13.1 Å². The zero-order valence-corrected chi connectivity index (χ0v) is 9.14. The van der Waals surface area contributed by atoms with E-state index < -0.39 is 28.9 Å². The first kappa shape index (κ1) is 13.1. The smallest absolute Gasteiger partial charge is 0.257 e. The van der Waals surface area contributed by atoms with Crippen LogP contribution in [0.25, 0.3) is 0 Å². The van der Waals surface area contributed by atoms with Crippen LogP contribution in [0.15, 0.2) is 12.1 Å². The molecule has 0 aliphatic rings. The fourth-order valence-corrected chi connectivity index (χ4v) is 1.30. The van der Waals surface area contributed by atoms with Crippen molar-refractivity contribution >= 4 is 5.91 Å². The molecule has 2 nitrogen and oxygen atoms in total. The summed E-state index contributed by atoms with van der Waals surface area (Å²) in [6.07, 6.45) is 5.04. The Morgan fingerprint density at radius 2 is 2.00 bits per heavy atom. The SMILES string of the molecule is C#CCN(CC)C(=O)c1ccc(F)c(F)c1F. The minimum atomic E-state index is -1.66. The van der Waals surface area contributed by atoms with Crippen LogP contribution in [-0.2, 0) is 0 Å². The van der Waals surface area contributed by atoms with Gasteiger partial charge in [-0.1, -0.05) is 5.92 Å². The van der Waals surface area contributed by atoms with E-state index in [0.29, 0.717) is 6.07 Å². The lowest BCUT2D eigenvalue weighted by atomic mass is 10.1. The molecule has 5 heteroatoms. The molecule has 17 heavy (non-hydrogen) atoms. The summed E-state index contributed by atoms with van der Waals surface area (Å²) in [6.45, 7) is 1.88. The Hall–Kier alpha value is -1.96. The summed E-state index contributed by atoms with van der Waals surface area (Å²) in [6, 6.07) is 1.60. The molecular formula is C12H10F3NO.